The van der Waals surface area contributed by atoms with Crippen molar-refractivity contribution in [1.82, 2.24) is 0 Å². The summed E-state index contributed by atoms with van der Waals surface area (Å²) in [6.45, 7) is 0. The van der Waals surface area contributed by atoms with Crippen LogP contribution in [-0.2, 0) is 0 Å². The van der Waals surface area contributed by atoms with Gasteiger partial charge in [-0.3, -0.25) is 9.59 Å². The second-order valence-electron chi connectivity index (χ2n) is 5.02. The molecule has 1 aliphatic heterocycles. The SMILES string of the molecule is O=C1c2ccccc2C(=O)N1c1ccc(-c2cccs2)cc1. The maximum atomic E-state index is 12.4. The first kappa shape index (κ1) is 13.0. The molecule has 2 amide bonds. The van der Waals surface area contributed by atoms with E-state index in [9.17, 15) is 9.59 Å². The Morgan fingerprint density at radius 1 is 0.727 bits per heavy atom. The summed E-state index contributed by atoms with van der Waals surface area (Å²) >= 11 is 1.66. The lowest BCUT2D eigenvalue weighted by Gasteiger charge is -2.14. The molecule has 0 spiro atoms. The minimum absolute atomic E-state index is 0.260. The average Bonchev–Trinajstić information content (AvgIpc) is 3.17. The van der Waals surface area contributed by atoms with Gasteiger partial charge in [-0.15, -0.1) is 11.3 Å². The number of imide groups is 1. The third kappa shape index (κ3) is 1.89. The van der Waals surface area contributed by atoms with E-state index in [4.69, 9.17) is 0 Å². The fourth-order valence-corrected chi connectivity index (χ4v) is 3.37. The fraction of sp³-hybridized carbons (Fsp3) is 0. The van der Waals surface area contributed by atoms with E-state index in [-0.39, 0.29) is 11.8 Å². The molecule has 1 aliphatic rings. The summed E-state index contributed by atoms with van der Waals surface area (Å²) in [5, 5.41) is 2.02. The summed E-state index contributed by atoms with van der Waals surface area (Å²) in [5.41, 5.74) is 2.62. The van der Waals surface area contributed by atoms with Crippen LogP contribution in [0.1, 0.15) is 20.7 Å². The number of carbonyl (C=O) groups excluding carboxylic acids is 2. The Morgan fingerprint density at radius 3 is 1.91 bits per heavy atom. The molecule has 0 N–H and O–H groups in total. The molecule has 0 radical (unpaired) electrons. The third-order valence-corrected chi connectivity index (χ3v) is 4.64. The van der Waals surface area contributed by atoms with Crippen LogP contribution >= 0.6 is 11.3 Å². The minimum atomic E-state index is -0.260. The molecule has 1 aromatic heterocycles. The van der Waals surface area contributed by atoms with E-state index in [1.54, 1.807) is 35.6 Å². The number of thiophene rings is 1. The maximum Gasteiger partial charge on any atom is 0.266 e. The van der Waals surface area contributed by atoms with Gasteiger partial charge in [-0.1, -0.05) is 30.3 Å². The highest BCUT2D eigenvalue weighted by Crippen LogP contribution is 2.31. The zero-order valence-electron chi connectivity index (χ0n) is 11.5. The van der Waals surface area contributed by atoms with Crippen molar-refractivity contribution in [3.8, 4) is 10.4 Å². The highest BCUT2D eigenvalue weighted by atomic mass is 32.1. The number of amides is 2. The molecule has 3 nitrogen and oxygen atoms in total. The highest BCUT2D eigenvalue weighted by molar-refractivity contribution is 7.13. The molecule has 0 saturated heterocycles. The van der Waals surface area contributed by atoms with E-state index in [0.29, 0.717) is 16.8 Å². The average molecular weight is 305 g/mol. The Bertz CT molecular complexity index is 831. The minimum Gasteiger partial charge on any atom is -0.268 e. The topological polar surface area (TPSA) is 37.4 Å². The molecule has 2 aromatic carbocycles. The van der Waals surface area contributed by atoms with Gasteiger partial charge in [0, 0.05) is 4.88 Å². The Morgan fingerprint density at radius 2 is 1.36 bits per heavy atom. The summed E-state index contributed by atoms with van der Waals surface area (Å²) < 4.78 is 0. The van der Waals surface area contributed by atoms with E-state index in [1.165, 1.54) is 4.90 Å². The number of anilines is 1. The number of carbonyl (C=O) groups is 2. The van der Waals surface area contributed by atoms with Gasteiger partial charge in [-0.25, -0.2) is 4.90 Å². The van der Waals surface area contributed by atoms with Gasteiger partial charge in [-0.05, 0) is 41.3 Å². The van der Waals surface area contributed by atoms with Crippen LogP contribution in [0.4, 0.5) is 5.69 Å². The molecule has 0 fully saturated rings. The maximum absolute atomic E-state index is 12.4. The molecular formula is C18H11NO2S. The van der Waals surface area contributed by atoms with Crippen LogP contribution in [0.3, 0.4) is 0 Å². The third-order valence-electron chi connectivity index (χ3n) is 3.73. The molecule has 106 valence electrons. The first-order chi connectivity index (χ1) is 10.8. The largest absolute Gasteiger partial charge is 0.268 e. The summed E-state index contributed by atoms with van der Waals surface area (Å²) in [4.78, 5) is 27.3. The van der Waals surface area contributed by atoms with Gasteiger partial charge in [0.05, 0.1) is 16.8 Å². The van der Waals surface area contributed by atoms with Crippen molar-refractivity contribution in [3.63, 3.8) is 0 Å². The standard InChI is InChI=1S/C18H11NO2S/c20-17-14-4-1-2-5-15(14)18(21)19(17)13-9-7-12(8-10-13)16-6-3-11-22-16/h1-11H. The van der Waals surface area contributed by atoms with E-state index in [2.05, 4.69) is 0 Å². The molecule has 22 heavy (non-hydrogen) atoms. The Balaban J connectivity index is 1.72. The molecule has 0 bridgehead atoms. The first-order valence-electron chi connectivity index (χ1n) is 6.87. The van der Waals surface area contributed by atoms with Gasteiger partial charge in [0.15, 0.2) is 0 Å². The molecule has 4 heteroatoms. The van der Waals surface area contributed by atoms with Gasteiger partial charge in [0.25, 0.3) is 11.8 Å². The van der Waals surface area contributed by atoms with Crippen LogP contribution in [-0.4, -0.2) is 11.8 Å². The van der Waals surface area contributed by atoms with Crippen LogP contribution in [0.15, 0.2) is 66.0 Å². The number of rotatable bonds is 2. The van der Waals surface area contributed by atoms with Crippen LogP contribution in [0.2, 0.25) is 0 Å². The van der Waals surface area contributed by atoms with Crippen molar-refractivity contribution in [2.75, 3.05) is 4.90 Å². The zero-order chi connectivity index (χ0) is 15.1. The van der Waals surface area contributed by atoms with Gasteiger partial charge < -0.3 is 0 Å². The van der Waals surface area contributed by atoms with Crippen molar-refractivity contribution in [3.05, 3.63) is 77.2 Å². The zero-order valence-corrected chi connectivity index (χ0v) is 12.3. The number of nitrogens with zero attached hydrogens (tertiary/aromatic N) is 1. The monoisotopic (exact) mass is 305 g/mol. The molecular weight excluding hydrogens is 294 g/mol. The molecule has 3 aromatic rings. The lowest BCUT2D eigenvalue weighted by atomic mass is 10.1. The van der Waals surface area contributed by atoms with E-state index in [1.807, 2.05) is 41.8 Å². The Kier molecular flexibility index (Phi) is 2.91. The quantitative estimate of drug-likeness (QED) is 0.665. The summed E-state index contributed by atoms with van der Waals surface area (Å²) in [6.07, 6.45) is 0. The van der Waals surface area contributed by atoms with Crippen molar-refractivity contribution in [2.45, 2.75) is 0 Å². The predicted octanol–water partition coefficient (Wildman–Crippen LogP) is 4.22. The lowest BCUT2D eigenvalue weighted by Crippen LogP contribution is -2.29. The number of hydrogen-bond donors (Lipinski definition) is 0. The van der Waals surface area contributed by atoms with Crippen LogP contribution in [0, 0.1) is 0 Å². The molecule has 4 rings (SSSR count). The summed E-state index contributed by atoms with van der Waals surface area (Å²) in [5.74, 6) is -0.519. The molecule has 2 heterocycles. The lowest BCUT2D eigenvalue weighted by molar-refractivity contribution is 0.0926. The van der Waals surface area contributed by atoms with E-state index < -0.39 is 0 Å². The summed E-state index contributed by atoms with van der Waals surface area (Å²) in [6, 6.07) is 18.5. The highest BCUT2D eigenvalue weighted by Gasteiger charge is 2.36. The molecule has 0 atom stereocenters. The van der Waals surface area contributed by atoms with Crippen LogP contribution < -0.4 is 4.90 Å². The molecule has 0 aliphatic carbocycles. The van der Waals surface area contributed by atoms with Gasteiger partial charge in [0.1, 0.15) is 0 Å². The molecule has 0 saturated carbocycles. The van der Waals surface area contributed by atoms with Gasteiger partial charge >= 0.3 is 0 Å². The number of hydrogen-bond acceptors (Lipinski definition) is 3. The van der Waals surface area contributed by atoms with Crippen molar-refractivity contribution in [2.24, 2.45) is 0 Å². The predicted molar refractivity (Wildman–Crippen MR) is 87.3 cm³/mol. The number of benzene rings is 2. The number of fused-ring (bicyclic) bond motifs is 1. The normalized spacial score (nSPS) is 13.5. The van der Waals surface area contributed by atoms with E-state index >= 15 is 0 Å². The Hall–Kier alpha value is -2.72. The van der Waals surface area contributed by atoms with Crippen molar-refractivity contribution < 1.29 is 9.59 Å². The smallest absolute Gasteiger partial charge is 0.266 e. The van der Waals surface area contributed by atoms with Crippen molar-refractivity contribution >= 4 is 28.8 Å². The molecule has 0 unspecified atom stereocenters. The van der Waals surface area contributed by atoms with Crippen LogP contribution in [0.25, 0.3) is 10.4 Å². The second-order valence-corrected chi connectivity index (χ2v) is 5.96. The fourth-order valence-electron chi connectivity index (χ4n) is 2.64. The van der Waals surface area contributed by atoms with Gasteiger partial charge in [-0.2, -0.15) is 0 Å². The van der Waals surface area contributed by atoms with Gasteiger partial charge in [0.2, 0.25) is 0 Å². The second kappa shape index (κ2) is 4.93. The summed E-state index contributed by atoms with van der Waals surface area (Å²) in [7, 11) is 0. The van der Waals surface area contributed by atoms with Crippen molar-refractivity contribution in [1.29, 1.82) is 0 Å². The Labute approximate surface area is 131 Å². The van der Waals surface area contributed by atoms with E-state index in [0.717, 1.165) is 10.4 Å². The van der Waals surface area contributed by atoms with Crippen LogP contribution in [0.5, 0.6) is 0 Å². The first-order valence-corrected chi connectivity index (χ1v) is 7.75.